The maximum atomic E-state index is 12.1. The van der Waals surface area contributed by atoms with Crippen LogP contribution in [0.15, 0.2) is 35.7 Å². The normalized spacial score (nSPS) is 10.7. The molecule has 0 saturated heterocycles. The molecule has 0 aliphatic carbocycles. The number of carboxylic acid groups (broad SMARTS) is 1. The van der Waals surface area contributed by atoms with E-state index in [2.05, 4.69) is 10.3 Å². The van der Waals surface area contributed by atoms with Gasteiger partial charge in [0, 0.05) is 23.0 Å². The number of hydrogen-bond acceptors (Lipinski definition) is 5. The van der Waals surface area contributed by atoms with Crippen LogP contribution in [0.1, 0.15) is 25.2 Å². The Morgan fingerprint density at radius 1 is 1.27 bits per heavy atom. The van der Waals surface area contributed by atoms with E-state index in [9.17, 15) is 9.59 Å². The zero-order valence-electron chi connectivity index (χ0n) is 11.4. The van der Waals surface area contributed by atoms with Gasteiger partial charge in [0.2, 0.25) is 0 Å². The molecule has 0 radical (unpaired) electrons. The van der Waals surface area contributed by atoms with E-state index < -0.39 is 5.97 Å². The van der Waals surface area contributed by atoms with Gasteiger partial charge in [0.15, 0.2) is 5.69 Å². The predicted octanol–water partition coefficient (Wildman–Crippen LogP) is 3.03. The Labute approximate surface area is 134 Å². The van der Waals surface area contributed by atoms with Crippen LogP contribution in [-0.4, -0.2) is 28.5 Å². The van der Waals surface area contributed by atoms with Gasteiger partial charge in [-0.2, -0.15) is 0 Å². The molecule has 112 valence electrons. The number of nitrogens with zero attached hydrogens (tertiary/aromatic N) is 1. The lowest BCUT2D eigenvalue weighted by atomic mass is 10.2. The van der Waals surface area contributed by atoms with Gasteiger partial charge in [-0.25, -0.2) is 9.78 Å². The van der Waals surface area contributed by atoms with Crippen LogP contribution in [0.4, 0.5) is 0 Å². The number of carbonyl (C=O) groups excluding carboxylic acids is 1. The van der Waals surface area contributed by atoms with Gasteiger partial charge in [-0.05, 0) is 17.5 Å². The molecule has 1 aromatic carbocycles. The summed E-state index contributed by atoms with van der Waals surface area (Å²) in [5.41, 5.74) is 0.0517. The fraction of sp³-hybridized carbons (Fsp3) is 0.133. The Morgan fingerprint density at radius 2 is 2.09 bits per heavy atom. The first kappa shape index (κ1) is 14.7. The van der Waals surface area contributed by atoms with Crippen LogP contribution in [0.3, 0.4) is 0 Å². The summed E-state index contributed by atoms with van der Waals surface area (Å²) in [6, 6.07) is 9.73. The molecule has 2 N–H and O–H groups in total. The highest BCUT2D eigenvalue weighted by Gasteiger charge is 2.11. The second-order valence-corrected chi connectivity index (χ2v) is 6.61. The second kappa shape index (κ2) is 6.25. The number of carbonyl (C=O) groups is 2. The third kappa shape index (κ3) is 3.15. The van der Waals surface area contributed by atoms with Crippen LogP contribution in [0.5, 0.6) is 0 Å². The summed E-state index contributed by atoms with van der Waals surface area (Å²) in [4.78, 5) is 27.5. The summed E-state index contributed by atoms with van der Waals surface area (Å²) >= 11 is 2.75. The second-order valence-electron chi connectivity index (χ2n) is 4.59. The Balaban J connectivity index is 1.58. The molecule has 0 aliphatic rings. The van der Waals surface area contributed by atoms with E-state index in [0.717, 1.165) is 10.1 Å². The summed E-state index contributed by atoms with van der Waals surface area (Å²) in [5, 5.41) is 14.9. The van der Waals surface area contributed by atoms with E-state index >= 15 is 0 Å². The lowest BCUT2D eigenvalue weighted by Crippen LogP contribution is -2.24. The summed E-state index contributed by atoms with van der Waals surface area (Å²) in [7, 11) is 0. The summed E-state index contributed by atoms with van der Waals surface area (Å²) in [6.45, 7) is 0.430. The van der Waals surface area contributed by atoms with Crippen LogP contribution in [0, 0.1) is 0 Å². The first-order valence-corrected chi connectivity index (χ1v) is 8.27. The molecule has 0 spiro atoms. The highest BCUT2D eigenvalue weighted by Crippen LogP contribution is 2.25. The zero-order valence-corrected chi connectivity index (χ0v) is 13.0. The largest absolute Gasteiger partial charge is 0.476 e. The number of benzene rings is 1. The number of carboxylic acids is 1. The molecular weight excluding hydrogens is 320 g/mol. The van der Waals surface area contributed by atoms with Crippen molar-refractivity contribution in [2.75, 3.05) is 6.54 Å². The van der Waals surface area contributed by atoms with Crippen molar-refractivity contribution in [3.8, 4) is 0 Å². The fourth-order valence-electron chi connectivity index (χ4n) is 1.99. The minimum Gasteiger partial charge on any atom is -0.476 e. The van der Waals surface area contributed by atoms with Crippen molar-refractivity contribution in [1.82, 2.24) is 10.3 Å². The SMILES string of the molecule is O=C(O)c1csc(CCNC(=O)c2cc3ccccc3s2)n1. The molecule has 22 heavy (non-hydrogen) atoms. The third-order valence-corrected chi connectivity index (χ3v) is 5.07. The highest BCUT2D eigenvalue weighted by molar-refractivity contribution is 7.20. The van der Waals surface area contributed by atoms with Crippen molar-refractivity contribution in [2.45, 2.75) is 6.42 Å². The molecule has 0 fully saturated rings. The molecule has 0 unspecified atom stereocenters. The molecule has 1 amide bonds. The predicted molar refractivity (Wildman–Crippen MR) is 86.9 cm³/mol. The van der Waals surface area contributed by atoms with E-state index in [1.165, 1.54) is 28.1 Å². The first-order chi connectivity index (χ1) is 10.6. The number of aromatic carboxylic acids is 1. The monoisotopic (exact) mass is 332 g/mol. The van der Waals surface area contributed by atoms with E-state index in [1.54, 1.807) is 0 Å². The van der Waals surface area contributed by atoms with Crippen molar-refractivity contribution in [2.24, 2.45) is 0 Å². The van der Waals surface area contributed by atoms with Crippen LogP contribution in [-0.2, 0) is 6.42 Å². The zero-order chi connectivity index (χ0) is 15.5. The number of thiazole rings is 1. The van der Waals surface area contributed by atoms with Gasteiger partial charge in [0.1, 0.15) is 0 Å². The van der Waals surface area contributed by atoms with Crippen LogP contribution in [0.25, 0.3) is 10.1 Å². The number of aromatic nitrogens is 1. The lowest BCUT2D eigenvalue weighted by molar-refractivity contribution is 0.0690. The van der Waals surface area contributed by atoms with E-state index in [0.29, 0.717) is 22.9 Å². The van der Waals surface area contributed by atoms with Gasteiger partial charge in [-0.1, -0.05) is 18.2 Å². The van der Waals surface area contributed by atoms with Gasteiger partial charge in [-0.15, -0.1) is 22.7 Å². The standard InChI is InChI=1S/C15H12N2O3S2/c18-14(12-7-9-3-1-2-4-11(9)22-12)16-6-5-13-17-10(8-21-13)15(19)20/h1-4,7-8H,5-6H2,(H,16,18)(H,19,20). The minimum atomic E-state index is -1.03. The van der Waals surface area contributed by atoms with Crippen LogP contribution < -0.4 is 5.32 Å². The number of rotatable bonds is 5. The van der Waals surface area contributed by atoms with E-state index in [4.69, 9.17) is 5.11 Å². The quantitative estimate of drug-likeness (QED) is 0.753. The fourth-order valence-corrected chi connectivity index (χ4v) is 3.74. The summed E-state index contributed by atoms with van der Waals surface area (Å²) in [5.74, 6) is -1.15. The topological polar surface area (TPSA) is 79.3 Å². The molecule has 7 heteroatoms. The summed E-state index contributed by atoms with van der Waals surface area (Å²) in [6.07, 6.45) is 0.522. The van der Waals surface area contributed by atoms with Gasteiger partial charge in [-0.3, -0.25) is 4.79 Å². The molecule has 3 aromatic rings. The molecule has 0 atom stereocenters. The van der Waals surface area contributed by atoms with Crippen LogP contribution >= 0.6 is 22.7 Å². The van der Waals surface area contributed by atoms with Crippen molar-refractivity contribution >= 4 is 44.6 Å². The number of hydrogen-bond donors (Lipinski definition) is 2. The molecular formula is C15H12N2O3S2. The van der Waals surface area contributed by atoms with Gasteiger partial charge in [0.25, 0.3) is 5.91 Å². The number of nitrogens with one attached hydrogen (secondary N) is 1. The molecule has 0 saturated carbocycles. The molecule has 5 nitrogen and oxygen atoms in total. The van der Waals surface area contributed by atoms with E-state index in [-0.39, 0.29) is 11.6 Å². The van der Waals surface area contributed by atoms with Gasteiger partial charge < -0.3 is 10.4 Å². The molecule has 2 heterocycles. The third-order valence-electron chi connectivity index (χ3n) is 3.04. The van der Waals surface area contributed by atoms with Crippen molar-refractivity contribution < 1.29 is 14.7 Å². The average molecular weight is 332 g/mol. The smallest absolute Gasteiger partial charge is 0.355 e. The molecule has 3 rings (SSSR count). The minimum absolute atomic E-state index is 0.0517. The van der Waals surface area contributed by atoms with Crippen LogP contribution in [0.2, 0.25) is 0 Å². The maximum Gasteiger partial charge on any atom is 0.355 e. The first-order valence-electron chi connectivity index (χ1n) is 6.58. The van der Waals surface area contributed by atoms with E-state index in [1.807, 2.05) is 30.3 Å². The lowest BCUT2D eigenvalue weighted by Gasteiger charge is -2.01. The van der Waals surface area contributed by atoms with Gasteiger partial charge >= 0.3 is 5.97 Å². The van der Waals surface area contributed by atoms with Crippen molar-refractivity contribution in [3.63, 3.8) is 0 Å². The Morgan fingerprint density at radius 3 is 2.82 bits per heavy atom. The molecule has 0 bridgehead atoms. The van der Waals surface area contributed by atoms with Crippen molar-refractivity contribution in [1.29, 1.82) is 0 Å². The summed E-state index contributed by atoms with van der Waals surface area (Å²) < 4.78 is 1.08. The molecule has 2 aromatic heterocycles. The maximum absolute atomic E-state index is 12.1. The number of fused-ring (bicyclic) bond motifs is 1. The number of amides is 1. The number of thiophene rings is 1. The van der Waals surface area contributed by atoms with Gasteiger partial charge in [0.05, 0.1) is 9.88 Å². The van der Waals surface area contributed by atoms with Crippen molar-refractivity contribution in [3.05, 3.63) is 51.3 Å². The molecule has 0 aliphatic heterocycles. The highest BCUT2D eigenvalue weighted by atomic mass is 32.1. The Kier molecular flexibility index (Phi) is 4.17. The Hall–Kier alpha value is -2.25. The average Bonchev–Trinajstić information content (AvgIpc) is 3.13. The Bertz CT molecular complexity index is 805.